The van der Waals surface area contributed by atoms with Crippen LogP contribution in [0.1, 0.15) is 35.4 Å². The monoisotopic (exact) mass is 442 g/mol. The summed E-state index contributed by atoms with van der Waals surface area (Å²) < 4.78 is 14.0. The maximum absolute atomic E-state index is 13.3. The van der Waals surface area contributed by atoms with E-state index in [2.05, 4.69) is 20.3 Å². The number of hydrogen-bond acceptors (Lipinski definition) is 6. The van der Waals surface area contributed by atoms with E-state index in [1.807, 2.05) is 6.92 Å². The molecule has 30 heavy (non-hydrogen) atoms. The minimum Gasteiger partial charge on any atom is -0.388 e. The van der Waals surface area contributed by atoms with Crippen molar-refractivity contribution in [2.24, 2.45) is 0 Å². The Kier molecular flexibility index (Phi) is 5.72. The number of nitrogens with one attached hydrogen (secondary N) is 1. The molecule has 3 aromatic heterocycles. The number of amides is 1. The van der Waals surface area contributed by atoms with Crippen LogP contribution in [-0.2, 0) is 0 Å². The molecule has 152 valence electrons. The predicted octanol–water partition coefficient (Wildman–Crippen LogP) is 5.24. The molecule has 2 N–H and O–H groups in total. The van der Waals surface area contributed by atoms with Gasteiger partial charge in [-0.25, -0.2) is 9.37 Å². The van der Waals surface area contributed by atoms with Gasteiger partial charge >= 0.3 is 0 Å². The van der Waals surface area contributed by atoms with Crippen molar-refractivity contribution in [1.29, 1.82) is 0 Å². The van der Waals surface area contributed by atoms with Crippen LogP contribution in [0, 0.1) is 5.82 Å². The molecule has 3 heterocycles. The lowest BCUT2D eigenvalue weighted by Gasteiger charge is -2.10. The van der Waals surface area contributed by atoms with E-state index in [0.29, 0.717) is 49.3 Å². The second-order valence-corrected chi connectivity index (χ2v) is 7.98. The van der Waals surface area contributed by atoms with Gasteiger partial charge in [0, 0.05) is 18.0 Å². The van der Waals surface area contributed by atoms with E-state index < -0.39 is 6.10 Å². The van der Waals surface area contributed by atoms with Gasteiger partial charge in [-0.05, 0) is 42.8 Å². The van der Waals surface area contributed by atoms with Crippen molar-refractivity contribution < 1.29 is 14.3 Å². The van der Waals surface area contributed by atoms with Crippen LogP contribution in [-0.4, -0.2) is 26.0 Å². The van der Waals surface area contributed by atoms with Crippen molar-refractivity contribution in [3.63, 3.8) is 0 Å². The Labute approximate surface area is 180 Å². The molecule has 6 nitrogen and oxygen atoms in total. The number of halogens is 2. The van der Waals surface area contributed by atoms with Crippen molar-refractivity contribution in [2.45, 2.75) is 19.4 Å². The topological polar surface area (TPSA) is 88.0 Å². The molecule has 4 aromatic rings. The Balaban J connectivity index is 1.52. The van der Waals surface area contributed by atoms with Crippen molar-refractivity contribution in [3.05, 3.63) is 70.8 Å². The maximum Gasteiger partial charge on any atom is 0.259 e. The fourth-order valence-corrected chi connectivity index (χ4v) is 4.01. The van der Waals surface area contributed by atoms with Gasteiger partial charge in [0.1, 0.15) is 11.5 Å². The number of pyridine rings is 2. The summed E-state index contributed by atoms with van der Waals surface area (Å²) in [6, 6.07) is 9.18. The molecule has 1 amide bonds. The number of anilines is 1. The number of aliphatic hydroxyl groups excluding tert-OH is 1. The molecular weight excluding hydrogens is 427 g/mol. The lowest BCUT2D eigenvalue weighted by atomic mass is 10.1. The number of carbonyl (C=O) groups is 1. The van der Waals surface area contributed by atoms with E-state index in [4.69, 9.17) is 11.6 Å². The summed E-state index contributed by atoms with van der Waals surface area (Å²) in [6.07, 6.45) is 2.92. The van der Waals surface area contributed by atoms with Crippen molar-refractivity contribution in [2.75, 3.05) is 5.32 Å². The minimum atomic E-state index is -0.623. The Morgan fingerprint density at radius 2 is 2.07 bits per heavy atom. The van der Waals surface area contributed by atoms with Gasteiger partial charge < -0.3 is 5.11 Å². The highest BCUT2D eigenvalue weighted by molar-refractivity contribution is 7.22. The molecular formula is C21H16ClFN4O2S. The Hall–Kier alpha value is -2.94. The lowest BCUT2D eigenvalue weighted by Crippen LogP contribution is -2.12. The summed E-state index contributed by atoms with van der Waals surface area (Å²) in [5.41, 5.74) is 2.55. The Bertz CT molecular complexity index is 1230. The highest BCUT2D eigenvalue weighted by Crippen LogP contribution is 2.29. The van der Waals surface area contributed by atoms with Crippen LogP contribution in [0.15, 0.2) is 48.8 Å². The molecule has 0 fully saturated rings. The number of rotatable bonds is 5. The van der Waals surface area contributed by atoms with Crippen LogP contribution in [0.25, 0.3) is 21.6 Å². The standard InChI is InChI=1S/C21H16ClFN4O2S/c1-2-17(28)12-7-14(22)19(25-10-12)16-5-3-11(9-24-16)20(29)27-21-26-15-6-4-13(23)8-18(15)30-21/h3-10,17,28H,2H2,1H3,(H,26,27,29). The fourth-order valence-electron chi connectivity index (χ4n) is 2.85. The second-order valence-electron chi connectivity index (χ2n) is 6.54. The molecule has 9 heteroatoms. The molecule has 0 aliphatic rings. The first-order chi connectivity index (χ1) is 14.4. The average Bonchev–Trinajstić information content (AvgIpc) is 3.14. The van der Waals surface area contributed by atoms with E-state index in [0.717, 1.165) is 0 Å². The smallest absolute Gasteiger partial charge is 0.259 e. The first-order valence-electron chi connectivity index (χ1n) is 9.12. The van der Waals surface area contributed by atoms with Gasteiger partial charge in [-0.3, -0.25) is 20.1 Å². The van der Waals surface area contributed by atoms with Crippen LogP contribution < -0.4 is 5.32 Å². The van der Waals surface area contributed by atoms with E-state index >= 15 is 0 Å². The third-order valence-corrected chi connectivity index (χ3v) is 5.69. The number of thiazole rings is 1. The highest BCUT2D eigenvalue weighted by atomic mass is 35.5. The molecule has 0 saturated carbocycles. The van der Waals surface area contributed by atoms with E-state index in [1.54, 1.807) is 30.5 Å². The summed E-state index contributed by atoms with van der Waals surface area (Å²) in [4.78, 5) is 25.4. The quantitative estimate of drug-likeness (QED) is 0.441. The van der Waals surface area contributed by atoms with Gasteiger partial charge in [-0.2, -0.15) is 0 Å². The van der Waals surface area contributed by atoms with Crippen molar-refractivity contribution in [1.82, 2.24) is 15.0 Å². The zero-order valence-corrected chi connectivity index (χ0v) is 17.3. The average molecular weight is 443 g/mol. The predicted molar refractivity (Wildman–Crippen MR) is 115 cm³/mol. The SMILES string of the molecule is CCC(O)c1cnc(-c2ccc(C(=O)Nc3nc4ccc(F)cc4s3)cn2)c(Cl)c1. The number of carbonyl (C=O) groups excluding carboxylic acids is 1. The first-order valence-corrected chi connectivity index (χ1v) is 10.3. The van der Waals surface area contributed by atoms with Gasteiger partial charge in [0.05, 0.1) is 32.6 Å². The van der Waals surface area contributed by atoms with E-state index in [-0.39, 0.29) is 11.7 Å². The van der Waals surface area contributed by atoms with Crippen molar-refractivity contribution >= 4 is 44.2 Å². The molecule has 0 aliphatic carbocycles. The molecule has 0 spiro atoms. The fraction of sp³-hybridized carbons (Fsp3) is 0.143. The van der Waals surface area contributed by atoms with Gasteiger partial charge in [0.2, 0.25) is 0 Å². The summed E-state index contributed by atoms with van der Waals surface area (Å²) in [7, 11) is 0. The van der Waals surface area contributed by atoms with Crippen LogP contribution in [0.3, 0.4) is 0 Å². The summed E-state index contributed by atoms with van der Waals surface area (Å²) in [5.74, 6) is -0.734. The van der Waals surface area contributed by atoms with Crippen molar-refractivity contribution in [3.8, 4) is 11.4 Å². The molecule has 1 unspecified atom stereocenters. The molecule has 0 aliphatic heterocycles. The zero-order valence-electron chi connectivity index (χ0n) is 15.8. The minimum absolute atomic E-state index is 0.332. The van der Waals surface area contributed by atoms with Gasteiger partial charge in [0.25, 0.3) is 5.91 Å². The largest absolute Gasteiger partial charge is 0.388 e. The maximum atomic E-state index is 13.3. The van der Waals surface area contributed by atoms with E-state index in [1.165, 1.54) is 29.7 Å². The molecule has 1 atom stereocenters. The number of nitrogens with zero attached hydrogens (tertiary/aromatic N) is 3. The summed E-state index contributed by atoms with van der Waals surface area (Å²) in [5, 5.41) is 13.4. The number of benzene rings is 1. The molecule has 1 aromatic carbocycles. The zero-order chi connectivity index (χ0) is 21.3. The normalized spacial score (nSPS) is 12.1. The highest BCUT2D eigenvalue weighted by Gasteiger charge is 2.14. The second kappa shape index (κ2) is 8.43. The third-order valence-electron chi connectivity index (χ3n) is 4.47. The van der Waals surface area contributed by atoms with Crippen LogP contribution >= 0.6 is 22.9 Å². The van der Waals surface area contributed by atoms with Crippen LogP contribution in [0.4, 0.5) is 9.52 Å². The first kappa shape index (κ1) is 20.3. The van der Waals surface area contributed by atoms with Crippen LogP contribution in [0.2, 0.25) is 5.02 Å². The Morgan fingerprint density at radius 1 is 1.23 bits per heavy atom. The number of aromatic nitrogens is 3. The van der Waals surface area contributed by atoms with Gasteiger partial charge in [0.15, 0.2) is 5.13 Å². The van der Waals surface area contributed by atoms with Gasteiger partial charge in [-0.15, -0.1) is 0 Å². The lowest BCUT2D eigenvalue weighted by molar-refractivity contribution is 0.102. The Morgan fingerprint density at radius 3 is 2.77 bits per heavy atom. The molecule has 4 rings (SSSR count). The summed E-state index contributed by atoms with van der Waals surface area (Å²) >= 11 is 7.49. The van der Waals surface area contributed by atoms with E-state index in [9.17, 15) is 14.3 Å². The number of fused-ring (bicyclic) bond motifs is 1. The van der Waals surface area contributed by atoms with Crippen LogP contribution in [0.5, 0.6) is 0 Å². The summed E-state index contributed by atoms with van der Waals surface area (Å²) in [6.45, 7) is 1.87. The number of aliphatic hydroxyl groups is 1. The van der Waals surface area contributed by atoms with Gasteiger partial charge in [-0.1, -0.05) is 29.9 Å². The molecule has 0 radical (unpaired) electrons. The number of hydrogen-bond donors (Lipinski definition) is 2. The molecule has 0 saturated heterocycles. The molecule has 0 bridgehead atoms. The third kappa shape index (κ3) is 4.16.